The molecule has 2 rings (SSSR count). The number of aromatic nitrogens is 1. The summed E-state index contributed by atoms with van der Waals surface area (Å²) in [4.78, 5) is 3.93. The molecule has 1 N–H and O–H groups in total. The monoisotopic (exact) mass is 269 g/mol. The summed E-state index contributed by atoms with van der Waals surface area (Å²) in [5.41, 5.74) is 0.492. The average Bonchev–Trinajstić information content (AvgIpc) is 2.35. The molecule has 0 atom stereocenters. The van der Waals surface area contributed by atoms with Gasteiger partial charge in [0.2, 0.25) is 0 Å². The molecule has 1 saturated heterocycles. The van der Waals surface area contributed by atoms with Crippen LogP contribution in [0.3, 0.4) is 0 Å². The van der Waals surface area contributed by atoms with Gasteiger partial charge in [0, 0.05) is 12.4 Å². The molecule has 17 heavy (non-hydrogen) atoms. The van der Waals surface area contributed by atoms with Gasteiger partial charge in [0.05, 0.1) is 21.5 Å². The number of nitrogens with one attached hydrogen (secondary N) is 1. The van der Waals surface area contributed by atoms with Crippen LogP contribution in [0.1, 0.15) is 18.4 Å². The smallest absolute Gasteiger partial charge is 0.0694 e. The fourth-order valence-electron chi connectivity index (χ4n) is 2.18. The Bertz CT molecular complexity index is 427. The Hall–Kier alpha value is -0.820. The molecule has 0 spiro atoms. The van der Waals surface area contributed by atoms with E-state index in [-0.39, 0.29) is 5.41 Å². The SMILES string of the molecule is N#CC1(Cc2c(Cl)cncc2Cl)CCNCC1. The first-order valence-corrected chi connectivity index (χ1v) is 6.32. The molecule has 1 aliphatic heterocycles. The van der Waals surface area contributed by atoms with Crippen molar-refractivity contribution in [3.05, 3.63) is 28.0 Å². The quantitative estimate of drug-likeness (QED) is 0.898. The highest BCUT2D eigenvalue weighted by atomic mass is 35.5. The largest absolute Gasteiger partial charge is 0.317 e. The van der Waals surface area contributed by atoms with Crippen molar-refractivity contribution in [1.82, 2.24) is 10.3 Å². The van der Waals surface area contributed by atoms with Gasteiger partial charge in [0.15, 0.2) is 0 Å². The molecule has 1 aromatic rings. The summed E-state index contributed by atoms with van der Waals surface area (Å²) in [5.74, 6) is 0. The number of hydrogen-bond donors (Lipinski definition) is 1. The van der Waals surface area contributed by atoms with E-state index in [0.29, 0.717) is 16.5 Å². The Morgan fingerprint density at radius 3 is 2.41 bits per heavy atom. The minimum Gasteiger partial charge on any atom is -0.317 e. The molecule has 1 aliphatic rings. The molecular formula is C12H13Cl2N3. The Morgan fingerprint density at radius 1 is 1.29 bits per heavy atom. The first-order valence-electron chi connectivity index (χ1n) is 5.57. The molecular weight excluding hydrogens is 257 g/mol. The van der Waals surface area contributed by atoms with Crippen LogP contribution in [0, 0.1) is 16.7 Å². The number of nitriles is 1. The van der Waals surface area contributed by atoms with Crippen LogP contribution in [0.15, 0.2) is 12.4 Å². The van der Waals surface area contributed by atoms with Crippen molar-refractivity contribution in [2.24, 2.45) is 5.41 Å². The molecule has 1 aromatic heterocycles. The maximum absolute atomic E-state index is 9.41. The van der Waals surface area contributed by atoms with Crippen LogP contribution in [-0.2, 0) is 6.42 Å². The summed E-state index contributed by atoms with van der Waals surface area (Å²) in [6.07, 6.45) is 5.42. The maximum atomic E-state index is 9.41. The van der Waals surface area contributed by atoms with E-state index in [1.807, 2.05) is 0 Å². The zero-order chi connectivity index (χ0) is 12.3. The lowest BCUT2D eigenvalue weighted by molar-refractivity contribution is 0.280. The second kappa shape index (κ2) is 5.22. The van der Waals surface area contributed by atoms with Crippen LogP contribution in [0.25, 0.3) is 0 Å². The van der Waals surface area contributed by atoms with Crippen molar-refractivity contribution in [1.29, 1.82) is 5.26 Å². The molecule has 0 radical (unpaired) electrons. The molecule has 0 bridgehead atoms. The summed E-state index contributed by atoms with van der Waals surface area (Å²) >= 11 is 12.2. The molecule has 0 aromatic carbocycles. The van der Waals surface area contributed by atoms with E-state index in [2.05, 4.69) is 16.4 Å². The standard InChI is InChI=1S/C12H13Cl2N3/c13-10-6-17-7-11(14)9(10)5-12(8-15)1-3-16-4-2-12/h6-7,16H,1-5H2. The van der Waals surface area contributed by atoms with Gasteiger partial charge in [0.25, 0.3) is 0 Å². The lowest BCUT2D eigenvalue weighted by Crippen LogP contribution is -2.37. The molecule has 5 heteroatoms. The third kappa shape index (κ3) is 2.71. The number of piperidine rings is 1. The molecule has 0 aliphatic carbocycles. The number of rotatable bonds is 2. The zero-order valence-electron chi connectivity index (χ0n) is 9.34. The predicted octanol–water partition coefficient (Wildman–Crippen LogP) is 2.82. The van der Waals surface area contributed by atoms with Crippen molar-refractivity contribution >= 4 is 23.2 Å². The fraction of sp³-hybridized carbons (Fsp3) is 0.500. The van der Waals surface area contributed by atoms with Gasteiger partial charge in [0.1, 0.15) is 0 Å². The van der Waals surface area contributed by atoms with Gasteiger partial charge in [-0.05, 0) is 37.9 Å². The molecule has 1 fully saturated rings. The average molecular weight is 270 g/mol. The van der Waals surface area contributed by atoms with Gasteiger partial charge < -0.3 is 5.32 Å². The zero-order valence-corrected chi connectivity index (χ0v) is 10.9. The van der Waals surface area contributed by atoms with Crippen molar-refractivity contribution in [3.63, 3.8) is 0 Å². The Morgan fingerprint density at radius 2 is 1.88 bits per heavy atom. The lowest BCUT2D eigenvalue weighted by atomic mass is 9.75. The highest BCUT2D eigenvalue weighted by Crippen LogP contribution is 2.36. The van der Waals surface area contributed by atoms with Crippen LogP contribution >= 0.6 is 23.2 Å². The van der Waals surface area contributed by atoms with Crippen LogP contribution in [0.4, 0.5) is 0 Å². The highest BCUT2D eigenvalue weighted by Gasteiger charge is 2.33. The number of pyridine rings is 1. The predicted molar refractivity (Wildman–Crippen MR) is 68.1 cm³/mol. The molecule has 0 amide bonds. The molecule has 90 valence electrons. The number of halogens is 2. The Balaban J connectivity index is 2.27. The Labute approximate surface area is 111 Å². The van der Waals surface area contributed by atoms with Gasteiger partial charge in [-0.15, -0.1) is 0 Å². The van der Waals surface area contributed by atoms with E-state index in [4.69, 9.17) is 23.2 Å². The van der Waals surface area contributed by atoms with Crippen LogP contribution in [0.2, 0.25) is 10.0 Å². The van der Waals surface area contributed by atoms with Crippen molar-refractivity contribution in [2.75, 3.05) is 13.1 Å². The second-order valence-electron chi connectivity index (χ2n) is 4.40. The van der Waals surface area contributed by atoms with E-state index in [1.165, 1.54) is 0 Å². The summed E-state index contributed by atoms with van der Waals surface area (Å²) in [7, 11) is 0. The normalized spacial score (nSPS) is 18.6. The Kier molecular flexibility index (Phi) is 3.88. The van der Waals surface area contributed by atoms with E-state index < -0.39 is 0 Å². The van der Waals surface area contributed by atoms with Crippen molar-refractivity contribution < 1.29 is 0 Å². The number of nitrogens with zero attached hydrogens (tertiary/aromatic N) is 2. The fourth-order valence-corrected chi connectivity index (χ4v) is 2.68. The van der Waals surface area contributed by atoms with Gasteiger partial charge in [-0.1, -0.05) is 23.2 Å². The van der Waals surface area contributed by atoms with Crippen molar-refractivity contribution in [2.45, 2.75) is 19.3 Å². The van der Waals surface area contributed by atoms with Gasteiger partial charge >= 0.3 is 0 Å². The third-order valence-electron chi connectivity index (χ3n) is 3.27. The summed E-state index contributed by atoms with van der Waals surface area (Å²) < 4.78 is 0. The van der Waals surface area contributed by atoms with Crippen LogP contribution in [0.5, 0.6) is 0 Å². The maximum Gasteiger partial charge on any atom is 0.0694 e. The van der Waals surface area contributed by atoms with E-state index in [1.54, 1.807) is 12.4 Å². The first-order chi connectivity index (χ1) is 8.17. The van der Waals surface area contributed by atoms with E-state index in [9.17, 15) is 5.26 Å². The first kappa shape index (κ1) is 12.6. The van der Waals surface area contributed by atoms with Gasteiger partial charge in [-0.25, -0.2) is 0 Å². The van der Waals surface area contributed by atoms with Gasteiger partial charge in [-0.3, -0.25) is 4.98 Å². The van der Waals surface area contributed by atoms with Crippen LogP contribution < -0.4 is 5.32 Å². The third-order valence-corrected chi connectivity index (χ3v) is 3.92. The van der Waals surface area contributed by atoms with E-state index in [0.717, 1.165) is 31.5 Å². The lowest BCUT2D eigenvalue weighted by Gasteiger charge is -2.31. The van der Waals surface area contributed by atoms with Crippen molar-refractivity contribution in [3.8, 4) is 6.07 Å². The molecule has 0 saturated carbocycles. The second-order valence-corrected chi connectivity index (χ2v) is 5.22. The van der Waals surface area contributed by atoms with Gasteiger partial charge in [-0.2, -0.15) is 5.26 Å². The topological polar surface area (TPSA) is 48.7 Å². The minimum absolute atomic E-state index is 0.347. The highest BCUT2D eigenvalue weighted by molar-refractivity contribution is 6.35. The van der Waals surface area contributed by atoms with E-state index >= 15 is 0 Å². The summed E-state index contributed by atoms with van der Waals surface area (Å²) in [6, 6.07) is 2.44. The minimum atomic E-state index is -0.347. The summed E-state index contributed by atoms with van der Waals surface area (Å²) in [5, 5.41) is 13.8. The summed E-state index contributed by atoms with van der Waals surface area (Å²) in [6.45, 7) is 1.74. The number of hydrogen-bond acceptors (Lipinski definition) is 3. The van der Waals surface area contributed by atoms with Crippen LogP contribution in [-0.4, -0.2) is 18.1 Å². The molecule has 3 nitrogen and oxygen atoms in total. The molecule has 0 unspecified atom stereocenters. The molecule has 2 heterocycles.